The van der Waals surface area contributed by atoms with Gasteiger partial charge in [0, 0.05) is 26.2 Å². The monoisotopic (exact) mass is 207 g/mol. The Kier molecular flexibility index (Phi) is 4.15. The molecule has 0 bridgehead atoms. The zero-order valence-electron chi connectivity index (χ0n) is 10.1. The van der Waals surface area contributed by atoms with Crippen LogP contribution in [0.1, 0.15) is 25.0 Å². The molecule has 2 heteroatoms. The Morgan fingerprint density at radius 3 is 2.47 bits per heavy atom. The summed E-state index contributed by atoms with van der Waals surface area (Å²) < 4.78 is 0. The highest BCUT2D eigenvalue weighted by Gasteiger charge is 2.07. The predicted molar refractivity (Wildman–Crippen MR) is 65.5 cm³/mol. The van der Waals surface area contributed by atoms with Crippen LogP contribution in [0.15, 0.2) is 18.2 Å². The zero-order chi connectivity index (χ0) is 11.4. The lowest BCUT2D eigenvalue weighted by Crippen LogP contribution is -2.14. The lowest BCUT2D eigenvalue weighted by molar-refractivity contribution is 0.195. The van der Waals surface area contributed by atoms with Crippen molar-refractivity contribution in [3.05, 3.63) is 29.3 Å². The molecule has 2 nitrogen and oxygen atoms in total. The summed E-state index contributed by atoms with van der Waals surface area (Å²) in [7, 11) is 4.07. The maximum atomic E-state index is 9.46. The van der Waals surface area contributed by atoms with E-state index in [1.807, 2.05) is 21.0 Å². The van der Waals surface area contributed by atoms with Gasteiger partial charge >= 0.3 is 0 Å². The fourth-order valence-electron chi connectivity index (χ4n) is 1.78. The molecule has 15 heavy (non-hydrogen) atoms. The smallest absolute Gasteiger partial charge is 0.0553 e. The summed E-state index contributed by atoms with van der Waals surface area (Å²) >= 11 is 0. The normalized spacial score (nSPS) is 12.6. The second-order valence-electron chi connectivity index (χ2n) is 4.26. The molecule has 0 heterocycles. The van der Waals surface area contributed by atoms with Crippen LogP contribution in [0.3, 0.4) is 0 Å². The van der Waals surface area contributed by atoms with E-state index in [4.69, 9.17) is 0 Å². The van der Waals surface area contributed by atoms with Crippen LogP contribution in [0.5, 0.6) is 0 Å². The Morgan fingerprint density at radius 1 is 1.33 bits per heavy atom. The van der Waals surface area contributed by atoms with Gasteiger partial charge < -0.3 is 10.0 Å². The predicted octanol–water partition coefficient (Wildman–Crippen LogP) is 2.24. The molecule has 0 radical (unpaired) electrons. The topological polar surface area (TPSA) is 23.5 Å². The van der Waals surface area contributed by atoms with Crippen molar-refractivity contribution in [3.63, 3.8) is 0 Å². The molecule has 1 aromatic rings. The van der Waals surface area contributed by atoms with Crippen LogP contribution in [0, 0.1) is 0 Å². The van der Waals surface area contributed by atoms with E-state index >= 15 is 0 Å². The van der Waals surface area contributed by atoms with Crippen molar-refractivity contribution in [2.24, 2.45) is 0 Å². The summed E-state index contributed by atoms with van der Waals surface area (Å²) in [6.07, 6.45) is 1.48. The van der Waals surface area contributed by atoms with Crippen LogP contribution in [0.2, 0.25) is 0 Å². The summed E-state index contributed by atoms with van der Waals surface area (Å²) in [6.45, 7) is 3.98. The van der Waals surface area contributed by atoms with Crippen LogP contribution in [0.4, 0.5) is 5.69 Å². The van der Waals surface area contributed by atoms with Gasteiger partial charge in [0.25, 0.3) is 0 Å². The van der Waals surface area contributed by atoms with Gasteiger partial charge in [-0.25, -0.2) is 0 Å². The molecular weight excluding hydrogens is 186 g/mol. The number of aliphatic hydroxyl groups excluding tert-OH is 1. The molecule has 0 saturated carbocycles. The Hall–Kier alpha value is -1.02. The maximum absolute atomic E-state index is 9.46. The number of hydrogen-bond acceptors (Lipinski definition) is 2. The first-order chi connectivity index (χ1) is 7.04. The zero-order valence-corrected chi connectivity index (χ0v) is 10.1. The number of nitrogens with zero attached hydrogens (tertiary/aromatic N) is 1. The summed E-state index contributed by atoms with van der Waals surface area (Å²) in [6, 6.07) is 6.49. The molecule has 84 valence electrons. The van der Waals surface area contributed by atoms with Crippen LogP contribution in [-0.2, 0) is 12.8 Å². The van der Waals surface area contributed by atoms with Crippen LogP contribution >= 0.6 is 0 Å². The molecule has 0 aliphatic heterocycles. The van der Waals surface area contributed by atoms with Gasteiger partial charge in [0.1, 0.15) is 0 Å². The molecule has 0 fully saturated rings. The maximum Gasteiger partial charge on any atom is 0.0553 e. The number of anilines is 1. The first kappa shape index (κ1) is 12.1. The molecule has 0 aliphatic carbocycles. The van der Waals surface area contributed by atoms with Crippen LogP contribution in [0.25, 0.3) is 0 Å². The second-order valence-corrected chi connectivity index (χ2v) is 4.26. The minimum absolute atomic E-state index is 0.282. The van der Waals surface area contributed by atoms with E-state index in [9.17, 15) is 5.11 Å². The lowest BCUT2D eigenvalue weighted by atomic mass is 10.0. The van der Waals surface area contributed by atoms with E-state index in [0.29, 0.717) is 0 Å². The van der Waals surface area contributed by atoms with E-state index in [2.05, 4.69) is 30.0 Å². The average molecular weight is 207 g/mol. The number of benzene rings is 1. The third kappa shape index (κ3) is 3.24. The fraction of sp³-hybridized carbons (Fsp3) is 0.538. The Balaban J connectivity index is 3.05. The van der Waals surface area contributed by atoms with Crippen molar-refractivity contribution >= 4 is 5.69 Å². The largest absolute Gasteiger partial charge is 0.393 e. The molecule has 0 amide bonds. The van der Waals surface area contributed by atoms with Crippen molar-refractivity contribution < 1.29 is 5.11 Å². The minimum Gasteiger partial charge on any atom is -0.393 e. The van der Waals surface area contributed by atoms with Gasteiger partial charge in [0.2, 0.25) is 0 Å². The first-order valence-electron chi connectivity index (χ1n) is 5.51. The summed E-state index contributed by atoms with van der Waals surface area (Å²) in [5, 5.41) is 9.46. The lowest BCUT2D eigenvalue weighted by Gasteiger charge is -2.19. The number of aryl methyl sites for hydroxylation is 1. The molecule has 0 aliphatic rings. The van der Waals surface area contributed by atoms with Crippen molar-refractivity contribution in [3.8, 4) is 0 Å². The molecule has 1 rings (SSSR count). The number of hydrogen-bond donors (Lipinski definition) is 1. The molecule has 1 N–H and O–H groups in total. The van der Waals surface area contributed by atoms with Gasteiger partial charge in [-0.3, -0.25) is 0 Å². The molecule has 0 spiro atoms. The van der Waals surface area contributed by atoms with Crippen molar-refractivity contribution in [1.82, 2.24) is 0 Å². The van der Waals surface area contributed by atoms with Gasteiger partial charge in [-0.15, -0.1) is 0 Å². The fourth-order valence-corrected chi connectivity index (χ4v) is 1.78. The average Bonchev–Trinajstić information content (AvgIpc) is 2.16. The highest BCUT2D eigenvalue weighted by Crippen LogP contribution is 2.22. The number of rotatable bonds is 4. The summed E-state index contributed by atoms with van der Waals surface area (Å²) in [5.41, 5.74) is 3.76. The molecule has 0 aromatic heterocycles. The van der Waals surface area contributed by atoms with Gasteiger partial charge in [-0.05, 0) is 30.5 Å². The van der Waals surface area contributed by atoms with Gasteiger partial charge in [-0.2, -0.15) is 0 Å². The third-order valence-electron chi connectivity index (χ3n) is 2.55. The molecule has 1 atom stereocenters. The second kappa shape index (κ2) is 5.17. The van der Waals surface area contributed by atoms with E-state index < -0.39 is 0 Å². The third-order valence-corrected chi connectivity index (χ3v) is 2.55. The van der Waals surface area contributed by atoms with Crippen molar-refractivity contribution in [1.29, 1.82) is 0 Å². The van der Waals surface area contributed by atoms with E-state index in [-0.39, 0.29) is 6.10 Å². The molecular formula is C13H21NO. The van der Waals surface area contributed by atoms with Gasteiger partial charge in [0.05, 0.1) is 6.10 Å². The van der Waals surface area contributed by atoms with E-state index in [1.54, 1.807) is 0 Å². The number of aliphatic hydroxyl groups is 1. The van der Waals surface area contributed by atoms with E-state index in [1.165, 1.54) is 16.8 Å². The standard InChI is InChI=1S/C13H21NO/c1-5-11-6-7-13(14(3)4)12(9-11)8-10(2)15/h6-7,9-10,15H,5,8H2,1-4H3. The van der Waals surface area contributed by atoms with Crippen molar-refractivity contribution in [2.45, 2.75) is 32.8 Å². The highest BCUT2D eigenvalue weighted by molar-refractivity contribution is 5.54. The van der Waals surface area contributed by atoms with E-state index in [0.717, 1.165) is 12.8 Å². The quantitative estimate of drug-likeness (QED) is 0.818. The first-order valence-corrected chi connectivity index (χ1v) is 5.51. The Morgan fingerprint density at radius 2 is 2.00 bits per heavy atom. The summed E-state index contributed by atoms with van der Waals surface area (Å²) in [4.78, 5) is 2.09. The minimum atomic E-state index is -0.282. The summed E-state index contributed by atoms with van der Waals surface area (Å²) in [5.74, 6) is 0. The Bertz CT molecular complexity index is 318. The van der Waals surface area contributed by atoms with Gasteiger partial charge in [-0.1, -0.05) is 19.1 Å². The molecule has 1 aromatic carbocycles. The van der Waals surface area contributed by atoms with Crippen molar-refractivity contribution in [2.75, 3.05) is 19.0 Å². The SMILES string of the molecule is CCc1ccc(N(C)C)c(CC(C)O)c1. The van der Waals surface area contributed by atoms with Crippen LogP contribution in [-0.4, -0.2) is 25.3 Å². The molecule has 0 saturated heterocycles. The Labute approximate surface area is 92.5 Å². The van der Waals surface area contributed by atoms with Gasteiger partial charge in [0.15, 0.2) is 0 Å². The highest BCUT2D eigenvalue weighted by atomic mass is 16.3. The van der Waals surface area contributed by atoms with Crippen LogP contribution < -0.4 is 4.90 Å². The molecule has 1 unspecified atom stereocenters.